The Balaban J connectivity index is 2.28. The number of aliphatic hydroxyl groups is 1. The van der Waals surface area contributed by atoms with Crippen molar-refractivity contribution in [2.45, 2.75) is 78.1 Å². The van der Waals surface area contributed by atoms with E-state index in [1.54, 1.807) is 0 Å². The Morgan fingerprint density at radius 1 is 1.25 bits per heavy atom. The lowest BCUT2D eigenvalue weighted by Crippen LogP contribution is -2.57. The molecule has 0 saturated heterocycles. The highest BCUT2D eigenvalue weighted by Gasteiger charge is 2.41. The Bertz CT molecular complexity index is 312. The maximum Gasteiger partial charge on any atom is 0.189 e. The Hall–Kier alpha value is -0.670. The van der Waals surface area contributed by atoms with E-state index >= 15 is 0 Å². The molecule has 0 bridgehead atoms. The first-order valence-corrected chi connectivity index (χ1v) is 8.38. The standard InChI is InChI=1S/C17H33N2O/c1-4-6-7-8-9-10-11-12-13-17-18-14-15-19(17,5-2)16(3)20/h11-12,14,16-17,20H,4-10,13,15H2,1-3H3/q+1/b12-11+. The van der Waals surface area contributed by atoms with Crippen LogP contribution in [0.1, 0.15) is 65.7 Å². The molecule has 3 atom stereocenters. The Kier molecular flexibility index (Phi) is 8.08. The van der Waals surface area contributed by atoms with E-state index in [0.717, 1.165) is 19.5 Å². The lowest BCUT2D eigenvalue weighted by Gasteiger charge is -2.39. The van der Waals surface area contributed by atoms with E-state index in [4.69, 9.17) is 0 Å². The molecule has 0 saturated carbocycles. The summed E-state index contributed by atoms with van der Waals surface area (Å²) in [5, 5.41) is 10.1. The lowest BCUT2D eigenvalue weighted by molar-refractivity contribution is -0.976. The number of nitrogens with zero attached hydrogens (tertiary/aromatic N) is 2. The van der Waals surface area contributed by atoms with Gasteiger partial charge in [-0.05, 0) is 19.8 Å². The normalized spacial score (nSPS) is 27.5. The first-order chi connectivity index (χ1) is 9.67. The van der Waals surface area contributed by atoms with Crippen LogP contribution >= 0.6 is 0 Å². The number of rotatable bonds is 10. The maximum absolute atomic E-state index is 10.1. The summed E-state index contributed by atoms with van der Waals surface area (Å²) in [6.07, 6.45) is 15.2. The molecule has 1 aliphatic heterocycles. The second kappa shape index (κ2) is 9.30. The van der Waals surface area contributed by atoms with E-state index < -0.39 is 0 Å². The summed E-state index contributed by atoms with van der Waals surface area (Å²) < 4.78 is 0.695. The van der Waals surface area contributed by atoms with Crippen LogP contribution in [0, 0.1) is 0 Å². The SMILES string of the molecule is CCCCCCC/C=C/CC1N=CC[N+]1(CC)C(C)O. The van der Waals surface area contributed by atoms with E-state index in [1.165, 1.54) is 38.5 Å². The number of unbranched alkanes of at least 4 members (excludes halogenated alkanes) is 5. The fourth-order valence-corrected chi connectivity index (χ4v) is 3.05. The predicted octanol–water partition coefficient (Wildman–Crippen LogP) is 3.88. The summed E-state index contributed by atoms with van der Waals surface area (Å²) >= 11 is 0. The van der Waals surface area contributed by atoms with Crippen LogP contribution < -0.4 is 0 Å². The summed E-state index contributed by atoms with van der Waals surface area (Å²) in [5.41, 5.74) is 0. The van der Waals surface area contributed by atoms with Gasteiger partial charge < -0.3 is 5.11 Å². The second-order valence-corrected chi connectivity index (χ2v) is 5.96. The van der Waals surface area contributed by atoms with Crippen molar-refractivity contribution in [3.63, 3.8) is 0 Å². The van der Waals surface area contributed by atoms with Crippen molar-refractivity contribution in [3.05, 3.63) is 12.2 Å². The smallest absolute Gasteiger partial charge is 0.189 e. The third-order valence-corrected chi connectivity index (χ3v) is 4.61. The van der Waals surface area contributed by atoms with Gasteiger partial charge in [0.25, 0.3) is 0 Å². The van der Waals surface area contributed by atoms with E-state index in [2.05, 4.69) is 31.0 Å². The molecule has 0 aromatic rings. The number of allylic oxidation sites excluding steroid dienone is 1. The third kappa shape index (κ3) is 4.71. The molecule has 1 N–H and O–H groups in total. The van der Waals surface area contributed by atoms with Crippen molar-refractivity contribution >= 4 is 6.21 Å². The topological polar surface area (TPSA) is 32.6 Å². The van der Waals surface area contributed by atoms with Crippen LogP contribution in [0.25, 0.3) is 0 Å². The van der Waals surface area contributed by atoms with Gasteiger partial charge in [0.15, 0.2) is 12.4 Å². The molecular weight excluding hydrogens is 248 g/mol. The molecule has 0 aliphatic carbocycles. The van der Waals surface area contributed by atoms with Crippen LogP contribution in [-0.2, 0) is 0 Å². The fourth-order valence-electron chi connectivity index (χ4n) is 3.05. The zero-order valence-corrected chi connectivity index (χ0v) is 13.6. The molecule has 0 radical (unpaired) electrons. The van der Waals surface area contributed by atoms with E-state index in [0.29, 0.717) is 4.48 Å². The molecule has 20 heavy (non-hydrogen) atoms. The summed E-state index contributed by atoms with van der Waals surface area (Å²) in [6, 6.07) is 0. The zero-order valence-electron chi connectivity index (χ0n) is 13.6. The van der Waals surface area contributed by atoms with Gasteiger partial charge in [-0.25, -0.2) is 4.99 Å². The minimum absolute atomic E-state index is 0.205. The molecule has 3 heteroatoms. The van der Waals surface area contributed by atoms with Gasteiger partial charge in [-0.15, -0.1) is 0 Å². The van der Waals surface area contributed by atoms with Crippen LogP contribution in [0.3, 0.4) is 0 Å². The van der Waals surface area contributed by atoms with E-state index in [-0.39, 0.29) is 12.4 Å². The highest BCUT2D eigenvalue weighted by Crippen LogP contribution is 2.25. The van der Waals surface area contributed by atoms with Gasteiger partial charge in [0.1, 0.15) is 6.54 Å². The molecule has 0 fully saturated rings. The molecule has 116 valence electrons. The Morgan fingerprint density at radius 3 is 2.65 bits per heavy atom. The van der Waals surface area contributed by atoms with Crippen LogP contribution in [0.4, 0.5) is 0 Å². The van der Waals surface area contributed by atoms with E-state index in [9.17, 15) is 5.11 Å². The van der Waals surface area contributed by atoms with Crippen molar-refractivity contribution in [2.24, 2.45) is 4.99 Å². The molecule has 0 spiro atoms. The quantitative estimate of drug-likeness (QED) is 0.368. The molecule has 0 amide bonds. The van der Waals surface area contributed by atoms with Gasteiger partial charge >= 0.3 is 0 Å². The van der Waals surface area contributed by atoms with Gasteiger partial charge in [0, 0.05) is 13.3 Å². The average molecular weight is 281 g/mol. The molecule has 0 aromatic heterocycles. The molecule has 3 unspecified atom stereocenters. The minimum Gasteiger partial charge on any atom is -0.345 e. The largest absolute Gasteiger partial charge is 0.345 e. The zero-order chi connectivity index (χ0) is 14.8. The van der Waals surface area contributed by atoms with Crippen LogP contribution in [0.5, 0.6) is 0 Å². The summed E-state index contributed by atoms with van der Waals surface area (Å²) in [7, 11) is 0. The summed E-state index contributed by atoms with van der Waals surface area (Å²) in [4.78, 5) is 4.58. The van der Waals surface area contributed by atoms with Crippen LogP contribution in [0.2, 0.25) is 0 Å². The Morgan fingerprint density at radius 2 is 2.00 bits per heavy atom. The van der Waals surface area contributed by atoms with Crippen molar-refractivity contribution in [1.29, 1.82) is 0 Å². The number of hydrogen-bond acceptors (Lipinski definition) is 2. The summed E-state index contributed by atoms with van der Waals surface area (Å²) in [6.45, 7) is 8.09. The maximum atomic E-state index is 10.1. The van der Waals surface area contributed by atoms with Gasteiger partial charge in [0.2, 0.25) is 0 Å². The highest BCUT2D eigenvalue weighted by molar-refractivity contribution is 5.60. The van der Waals surface area contributed by atoms with Crippen LogP contribution in [-0.4, -0.2) is 41.3 Å². The monoisotopic (exact) mass is 281 g/mol. The number of aliphatic imine (C=N–C) groups is 1. The van der Waals surface area contributed by atoms with Crippen molar-refractivity contribution in [3.8, 4) is 0 Å². The molecule has 1 rings (SSSR count). The second-order valence-electron chi connectivity index (χ2n) is 5.96. The highest BCUT2D eigenvalue weighted by atomic mass is 16.3. The number of aliphatic hydroxyl groups excluding tert-OH is 1. The number of hydrogen-bond donors (Lipinski definition) is 1. The van der Waals surface area contributed by atoms with E-state index in [1.807, 2.05) is 13.1 Å². The first kappa shape index (κ1) is 17.4. The van der Waals surface area contributed by atoms with Crippen molar-refractivity contribution in [2.75, 3.05) is 13.1 Å². The molecule has 0 aromatic carbocycles. The van der Waals surface area contributed by atoms with Crippen molar-refractivity contribution < 1.29 is 9.59 Å². The number of quaternary nitrogens is 1. The lowest BCUT2D eigenvalue weighted by atomic mass is 10.1. The van der Waals surface area contributed by atoms with Crippen LogP contribution in [0.15, 0.2) is 17.1 Å². The minimum atomic E-state index is -0.338. The van der Waals surface area contributed by atoms with Crippen molar-refractivity contribution in [1.82, 2.24) is 0 Å². The average Bonchev–Trinajstić information content (AvgIpc) is 2.86. The molecule has 1 aliphatic rings. The van der Waals surface area contributed by atoms with Gasteiger partial charge in [-0.3, -0.25) is 4.48 Å². The fraction of sp³-hybridized carbons (Fsp3) is 0.824. The molecule has 1 heterocycles. The predicted molar refractivity (Wildman–Crippen MR) is 86.8 cm³/mol. The third-order valence-electron chi connectivity index (χ3n) is 4.61. The van der Waals surface area contributed by atoms with Gasteiger partial charge in [-0.2, -0.15) is 0 Å². The van der Waals surface area contributed by atoms with Gasteiger partial charge in [-0.1, -0.05) is 44.8 Å². The Labute approximate surface area is 125 Å². The van der Waals surface area contributed by atoms with Gasteiger partial charge in [0.05, 0.1) is 12.8 Å². The summed E-state index contributed by atoms with van der Waals surface area (Å²) in [5.74, 6) is 0. The molecular formula is C17H33N2O+. The molecule has 3 nitrogen and oxygen atoms in total. The first-order valence-electron chi connectivity index (χ1n) is 8.38.